The predicted octanol–water partition coefficient (Wildman–Crippen LogP) is 2.20. The van der Waals surface area contributed by atoms with Gasteiger partial charge in [-0.1, -0.05) is 17.7 Å². The van der Waals surface area contributed by atoms with E-state index in [1.54, 1.807) is 5.57 Å². The Hall–Kier alpha value is -1.48. The van der Waals surface area contributed by atoms with Crippen LogP contribution in [0.5, 0.6) is 5.75 Å². The SMILES string of the molecule is CC(CN1CCCOc2ccccc21)=C1CNC1. The van der Waals surface area contributed by atoms with Crippen molar-refractivity contribution in [2.75, 3.05) is 37.7 Å². The molecule has 0 amide bonds. The van der Waals surface area contributed by atoms with Crippen molar-refractivity contribution in [2.24, 2.45) is 0 Å². The monoisotopic (exact) mass is 244 g/mol. The minimum absolute atomic E-state index is 0.824. The molecule has 0 unspecified atom stereocenters. The van der Waals surface area contributed by atoms with Gasteiger partial charge in [-0.3, -0.25) is 0 Å². The van der Waals surface area contributed by atoms with E-state index in [-0.39, 0.29) is 0 Å². The summed E-state index contributed by atoms with van der Waals surface area (Å²) in [6.07, 6.45) is 1.09. The molecule has 18 heavy (non-hydrogen) atoms. The third-order valence-corrected chi connectivity index (χ3v) is 3.74. The van der Waals surface area contributed by atoms with E-state index in [0.29, 0.717) is 0 Å². The van der Waals surface area contributed by atoms with Gasteiger partial charge in [0.05, 0.1) is 12.3 Å². The highest BCUT2D eigenvalue weighted by Gasteiger charge is 2.18. The largest absolute Gasteiger partial charge is 0.491 e. The molecule has 3 nitrogen and oxygen atoms in total. The van der Waals surface area contributed by atoms with Gasteiger partial charge in [0.2, 0.25) is 0 Å². The summed E-state index contributed by atoms with van der Waals surface area (Å²) in [5.74, 6) is 1.03. The summed E-state index contributed by atoms with van der Waals surface area (Å²) >= 11 is 0. The summed E-state index contributed by atoms with van der Waals surface area (Å²) in [5, 5.41) is 3.31. The fraction of sp³-hybridized carbons (Fsp3) is 0.467. The van der Waals surface area contributed by atoms with Crippen LogP contribution in [0.3, 0.4) is 0 Å². The summed E-state index contributed by atoms with van der Waals surface area (Å²) in [6, 6.07) is 8.37. The highest BCUT2D eigenvalue weighted by atomic mass is 16.5. The molecule has 1 aromatic carbocycles. The number of benzene rings is 1. The van der Waals surface area contributed by atoms with Gasteiger partial charge >= 0.3 is 0 Å². The third-order valence-electron chi connectivity index (χ3n) is 3.74. The van der Waals surface area contributed by atoms with E-state index >= 15 is 0 Å². The molecule has 0 atom stereocenters. The van der Waals surface area contributed by atoms with Crippen LogP contribution in [-0.4, -0.2) is 32.8 Å². The van der Waals surface area contributed by atoms with Crippen LogP contribution in [-0.2, 0) is 0 Å². The van der Waals surface area contributed by atoms with Crippen LogP contribution >= 0.6 is 0 Å². The number of nitrogens with one attached hydrogen (secondary N) is 1. The standard InChI is InChI=1S/C15H20N2O/c1-12(13-9-16-10-13)11-17-7-4-8-18-15-6-3-2-5-14(15)17/h2-3,5-6,16H,4,7-11H2,1H3. The van der Waals surface area contributed by atoms with E-state index in [9.17, 15) is 0 Å². The lowest BCUT2D eigenvalue weighted by molar-refractivity contribution is 0.322. The molecular weight excluding hydrogens is 224 g/mol. The summed E-state index contributed by atoms with van der Waals surface area (Å²) in [7, 11) is 0. The van der Waals surface area contributed by atoms with Gasteiger partial charge in [0.15, 0.2) is 0 Å². The Morgan fingerprint density at radius 1 is 1.33 bits per heavy atom. The molecule has 0 bridgehead atoms. The number of nitrogens with zero attached hydrogens (tertiary/aromatic N) is 1. The quantitative estimate of drug-likeness (QED) is 0.807. The number of rotatable bonds is 2. The van der Waals surface area contributed by atoms with E-state index in [1.165, 1.54) is 11.3 Å². The number of fused-ring (bicyclic) bond motifs is 1. The molecular formula is C15H20N2O. The summed E-state index contributed by atoms with van der Waals surface area (Å²) in [4.78, 5) is 2.45. The normalized spacial score (nSPS) is 18.5. The highest BCUT2D eigenvalue weighted by Crippen LogP contribution is 2.31. The molecule has 1 N–H and O–H groups in total. The molecule has 0 spiro atoms. The van der Waals surface area contributed by atoms with Crippen molar-refractivity contribution in [2.45, 2.75) is 13.3 Å². The van der Waals surface area contributed by atoms with Gasteiger partial charge in [0.25, 0.3) is 0 Å². The number of para-hydroxylation sites is 2. The van der Waals surface area contributed by atoms with Gasteiger partial charge in [-0.15, -0.1) is 0 Å². The first kappa shape index (κ1) is 11.6. The highest BCUT2D eigenvalue weighted by molar-refractivity contribution is 5.59. The van der Waals surface area contributed by atoms with E-state index in [2.05, 4.69) is 35.3 Å². The van der Waals surface area contributed by atoms with Crippen LogP contribution in [0.15, 0.2) is 35.4 Å². The lowest BCUT2D eigenvalue weighted by atomic mass is 10.0. The van der Waals surface area contributed by atoms with Crippen LogP contribution in [0.25, 0.3) is 0 Å². The first-order chi connectivity index (χ1) is 8.84. The second-order valence-corrected chi connectivity index (χ2v) is 5.08. The Kier molecular flexibility index (Phi) is 3.24. The fourth-order valence-corrected chi connectivity index (χ4v) is 2.51. The Bertz CT molecular complexity index is 461. The van der Waals surface area contributed by atoms with Gasteiger partial charge in [-0.2, -0.15) is 0 Å². The second kappa shape index (κ2) is 5.02. The molecule has 2 aliphatic heterocycles. The second-order valence-electron chi connectivity index (χ2n) is 5.08. The molecule has 96 valence electrons. The van der Waals surface area contributed by atoms with Crippen molar-refractivity contribution >= 4 is 5.69 Å². The minimum Gasteiger partial charge on any atom is -0.491 e. The molecule has 1 aromatic rings. The first-order valence-corrected chi connectivity index (χ1v) is 6.69. The molecule has 2 heterocycles. The Morgan fingerprint density at radius 3 is 2.94 bits per heavy atom. The van der Waals surface area contributed by atoms with E-state index in [1.807, 2.05) is 6.07 Å². The van der Waals surface area contributed by atoms with Crippen LogP contribution < -0.4 is 15.0 Å². The maximum absolute atomic E-state index is 5.79. The summed E-state index contributed by atoms with van der Waals surface area (Å²) in [6.45, 7) is 7.32. The van der Waals surface area contributed by atoms with Crippen molar-refractivity contribution < 1.29 is 4.74 Å². The molecule has 2 aliphatic rings. The van der Waals surface area contributed by atoms with Gasteiger partial charge in [0, 0.05) is 26.2 Å². The van der Waals surface area contributed by atoms with Gasteiger partial charge in [-0.25, -0.2) is 0 Å². The van der Waals surface area contributed by atoms with Crippen molar-refractivity contribution in [1.82, 2.24) is 5.32 Å². The van der Waals surface area contributed by atoms with Gasteiger partial charge < -0.3 is 15.0 Å². The van der Waals surface area contributed by atoms with Crippen LogP contribution in [0.1, 0.15) is 13.3 Å². The molecule has 1 saturated heterocycles. The van der Waals surface area contributed by atoms with E-state index in [0.717, 1.165) is 45.0 Å². The zero-order valence-corrected chi connectivity index (χ0v) is 10.9. The molecule has 3 rings (SSSR count). The Balaban J connectivity index is 1.83. The molecule has 1 fully saturated rings. The third kappa shape index (κ3) is 2.23. The summed E-state index contributed by atoms with van der Waals surface area (Å²) < 4.78 is 5.79. The maximum Gasteiger partial charge on any atom is 0.142 e. The lowest BCUT2D eigenvalue weighted by Crippen LogP contribution is -2.37. The van der Waals surface area contributed by atoms with Crippen molar-refractivity contribution in [3.05, 3.63) is 35.4 Å². The molecule has 0 aromatic heterocycles. The minimum atomic E-state index is 0.824. The Labute approximate surface area is 108 Å². The number of anilines is 1. The van der Waals surface area contributed by atoms with Crippen molar-refractivity contribution in [3.63, 3.8) is 0 Å². The van der Waals surface area contributed by atoms with Gasteiger partial charge in [-0.05, 0) is 31.1 Å². The number of ether oxygens (including phenoxy) is 1. The number of hydrogen-bond donors (Lipinski definition) is 1. The lowest BCUT2D eigenvalue weighted by Gasteiger charge is -2.28. The predicted molar refractivity (Wildman–Crippen MR) is 74.3 cm³/mol. The van der Waals surface area contributed by atoms with Crippen molar-refractivity contribution in [3.8, 4) is 5.75 Å². The maximum atomic E-state index is 5.79. The summed E-state index contributed by atoms with van der Waals surface area (Å²) in [5.41, 5.74) is 4.31. The number of hydrogen-bond acceptors (Lipinski definition) is 3. The van der Waals surface area contributed by atoms with Gasteiger partial charge in [0.1, 0.15) is 5.75 Å². The van der Waals surface area contributed by atoms with Crippen LogP contribution in [0.2, 0.25) is 0 Å². The van der Waals surface area contributed by atoms with E-state index < -0.39 is 0 Å². The topological polar surface area (TPSA) is 24.5 Å². The molecule has 0 aliphatic carbocycles. The molecule has 0 saturated carbocycles. The molecule has 0 radical (unpaired) electrons. The molecule has 3 heteroatoms. The van der Waals surface area contributed by atoms with E-state index in [4.69, 9.17) is 4.74 Å². The zero-order valence-electron chi connectivity index (χ0n) is 10.9. The fourth-order valence-electron chi connectivity index (χ4n) is 2.51. The Morgan fingerprint density at radius 2 is 2.17 bits per heavy atom. The van der Waals surface area contributed by atoms with Crippen LogP contribution in [0.4, 0.5) is 5.69 Å². The average molecular weight is 244 g/mol. The first-order valence-electron chi connectivity index (χ1n) is 6.69. The smallest absolute Gasteiger partial charge is 0.142 e. The van der Waals surface area contributed by atoms with Crippen LogP contribution in [0, 0.1) is 0 Å². The van der Waals surface area contributed by atoms with Crippen molar-refractivity contribution in [1.29, 1.82) is 0 Å². The zero-order chi connectivity index (χ0) is 12.4. The average Bonchev–Trinajstić information content (AvgIpc) is 2.50.